The van der Waals surface area contributed by atoms with Crippen LogP contribution in [0.15, 0.2) is 47.4 Å². The second-order valence-electron chi connectivity index (χ2n) is 6.76. The quantitative estimate of drug-likeness (QED) is 0.308. The molecule has 0 aliphatic rings. The molecule has 0 aromatic heterocycles. The molecule has 0 aliphatic heterocycles. The Labute approximate surface area is 190 Å². The van der Waals surface area contributed by atoms with Crippen molar-refractivity contribution >= 4 is 29.3 Å². The van der Waals surface area contributed by atoms with Crippen molar-refractivity contribution in [2.24, 2.45) is 0 Å². The van der Waals surface area contributed by atoms with E-state index >= 15 is 0 Å². The molecule has 2 aromatic carbocycles. The van der Waals surface area contributed by atoms with Crippen LogP contribution in [0.5, 0.6) is 0 Å². The maximum atomic E-state index is 13.0. The molecule has 186 valence electrons. The van der Waals surface area contributed by atoms with E-state index in [0.717, 1.165) is 43.3 Å². The minimum atomic E-state index is -5.39. The first kappa shape index (κ1) is 29.2. The van der Waals surface area contributed by atoms with Crippen LogP contribution < -0.4 is 20.0 Å². The normalized spacial score (nSPS) is 13.6. The fraction of sp³-hybridized carbons (Fsp3) is 0.222. The van der Waals surface area contributed by atoms with Crippen LogP contribution in [0.4, 0.5) is 23.2 Å². The number of carbonyl (C=O) groups is 1. The molecule has 2 N–H and O–H groups in total. The lowest BCUT2D eigenvalue weighted by Gasteiger charge is -2.36. The first-order valence-electron chi connectivity index (χ1n) is 8.63. The van der Waals surface area contributed by atoms with Crippen LogP contribution in [0.1, 0.15) is 18.1 Å². The average Bonchev–Trinajstić information content (AvgIpc) is 2.65. The Bertz CT molecular complexity index is 1230. The molecule has 2 rings (SSSR count). The molecule has 0 saturated heterocycles. The van der Waals surface area contributed by atoms with Gasteiger partial charge in [0.25, 0.3) is 5.91 Å². The Hall–Kier alpha value is -2.86. The first-order chi connectivity index (χ1) is 15.3. The number of aliphatic hydroxyl groups is 1. The van der Waals surface area contributed by atoms with E-state index in [1.54, 1.807) is 0 Å². The number of alkyl halides is 3. The van der Waals surface area contributed by atoms with Gasteiger partial charge in [0.05, 0.1) is 27.8 Å². The summed E-state index contributed by atoms with van der Waals surface area (Å²) in [5.41, 5.74) is -4.86. The highest BCUT2D eigenvalue weighted by Gasteiger charge is 2.38. The Morgan fingerprint density at radius 2 is 1.65 bits per heavy atom. The van der Waals surface area contributed by atoms with Crippen LogP contribution in [-0.4, -0.2) is 30.8 Å². The molecule has 0 aliphatic carbocycles. The van der Waals surface area contributed by atoms with E-state index in [-0.39, 0.29) is 10.6 Å². The van der Waals surface area contributed by atoms with Crippen molar-refractivity contribution in [3.05, 3.63) is 59.4 Å². The summed E-state index contributed by atoms with van der Waals surface area (Å²) in [5.74, 6) is -3.06. The fourth-order valence-corrected chi connectivity index (χ4v) is 3.97. The van der Waals surface area contributed by atoms with Crippen molar-refractivity contribution < 1.29 is 55.1 Å². The average molecular weight is 525 g/mol. The number of hydrogen-bond acceptors (Lipinski definition) is 9. The third kappa shape index (κ3) is 9.18. The zero-order valence-corrected chi connectivity index (χ0v) is 18.6. The molecular weight excluding hydrogens is 511 g/mol. The number of phosphoric acid groups is 1. The van der Waals surface area contributed by atoms with Gasteiger partial charge in [0.15, 0.2) is 15.4 Å². The monoisotopic (exact) mass is 525 g/mol. The van der Waals surface area contributed by atoms with Crippen LogP contribution in [0.3, 0.4) is 0 Å². The molecule has 0 heterocycles. The standard InChI is InChI=1S/C18H14F4N2O4S.H3O4P/c1-17(26,10-29(27,28)14-6-3-12(19)4-7-14)16(25)24-13-5-2-11(9-23)15(8-13)18(20,21)22;1-5(2,3)4/h2-8,26H,10H2,1H3,(H,24,25);(H3,1,2,3,4)/p-3. The fourth-order valence-electron chi connectivity index (χ4n) is 2.38. The van der Waals surface area contributed by atoms with Gasteiger partial charge in [0.2, 0.25) is 0 Å². The van der Waals surface area contributed by atoms with E-state index in [9.17, 15) is 35.9 Å². The molecule has 16 heteroatoms. The highest BCUT2D eigenvalue weighted by molar-refractivity contribution is 7.91. The van der Waals surface area contributed by atoms with Crippen LogP contribution in [-0.2, 0) is 25.4 Å². The number of hydrogen-bond donors (Lipinski definition) is 2. The van der Waals surface area contributed by atoms with Gasteiger partial charge in [-0.15, -0.1) is 0 Å². The summed E-state index contributed by atoms with van der Waals surface area (Å²) >= 11 is 0. The van der Waals surface area contributed by atoms with Gasteiger partial charge in [-0.25, -0.2) is 12.8 Å². The third-order valence-corrected chi connectivity index (χ3v) is 5.77. The van der Waals surface area contributed by atoms with Gasteiger partial charge >= 0.3 is 6.18 Å². The summed E-state index contributed by atoms with van der Waals surface area (Å²) in [6.45, 7) is 0.873. The molecule has 1 unspecified atom stereocenters. The van der Waals surface area contributed by atoms with Crippen molar-refractivity contribution in [1.29, 1.82) is 5.26 Å². The first-order valence-corrected chi connectivity index (χ1v) is 11.7. The molecule has 34 heavy (non-hydrogen) atoms. The number of sulfone groups is 1. The van der Waals surface area contributed by atoms with Crippen molar-refractivity contribution in [3.63, 3.8) is 0 Å². The second-order valence-corrected chi connectivity index (χ2v) is 9.64. The molecule has 2 aromatic rings. The summed E-state index contributed by atoms with van der Waals surface area (Å²) in [5, 5.41) is 21.1. The lowest BCUT2D eigenvalue weighted by molar-refractivity contribution is -0.432. The lowest BCUT2D eigenvalue weighted by atomic mass is 10.1. The number of amides is 1. The van der Waals surface area contributed by atoms with Crippen molar-refractivity contribution in [3.8, 4) is 6.07 Å². The molecule has 0 fully saturated rings. The highest BCUT2D eigenvalue weighted by Crippen LogP contribution is 2.33. The van der Waals surface area contributed by atoms with E-state index in [0.29, 0.717) is 6.07 Å². The summed E-state index contributed by atoms with van der Waals surface area (Å²) in [6, 6.07) is 7.40. The predicted octanol–water partition coefficient (Wildman–Crippen LogP) is 0.0550. The number of nitrogens with one attached hydrogen (secondary N) is 1. The molecule has 1 atom stereocenters. The van der Waals surface area contributed by atoms with Gasteiger partial charge in [-0.1, -0.05) is 0 Å². The van der Waals surface area contributed by atoms with Crippen LogP contribution in [0.2, 0.25) is 0 Å². The SMILES string of the molecule is CC(O)(CS(=O)(=O)c1ccc(F)cc1)C(=O)Nc1ccc(C#N)c(C(F)(F)F)c1.O=P([O-])([O-])[O-]. The number of rotatable bonds is 5. The lowest BCUT2D eigenvalue weighted by Crippen LogP contribution is -2.45. The predicted molar refractivity (Wildman–Crippen MR) is 101 cm³/mol. The Kier molecular flexibility index (Phi) is 9.09. The minimum Gasteiger partial charge on any atom is -0.822 e. The van der Waals surface area contributed by atoms with E-state index in [4.69, 9.17) is 24.5 Å². The Morgan fingerprint density at radius 1 is 1.15 bits per heavy atom. The summed E-state index contributed by atoms with van der Waals surface area (Å²) in [4.78, 5) is 37.6. The molecule has 1 amide bonds. The van der Waals surface area contributed by atoms with Gasteiger partial charge in [-0.05, 0) is 49.4 Å². The second kappa shape index (κ2) is 10.6. The van der Waals surface area contributed by atoms with E-state index in [1.807, 2.05) is 5.32 Å². The van der Waals surface area contributed by atoms with Crippen LogP contribution >= 0.6 is 7.82 Å². The summed E-state index contributed by atoms with van der Waals surface area (Å²) in [7, 11) is -9.60. The zero-order chi connectivity index (χ0) is 26.5. The van der Waals surface area contributed by atoms with Gasteiger partial charge in [0.1, 0.15) is 5.82 Å². The van der Waals surface area contributed by atoms with E-state index in [1.165, 1.54) is 6.07 Å². The number of benzene rings is 2. The Balaban J connectivity index is 0.00000104. The number of nitrogens with zero attached hydrogens (tertiary/aromatic N) is 1. The number of nitriles is 1. The van der Waals surface area contributed by atoms with E-state index < -0.39 is 58.0 Å². The number of halogens is 4. The third-order valence-electron chi connectivity index (χ3n) is 3.84. The summed E-state index contributed by atoms with van der Waals surface area (Å²) in [6.07, 6.45) is -4.86. The Morgan fingerprint density at radius 3 is 2.09 bits per heavy atom. The zero-order valence-electron chi connectivity index (χ0n) is 16.9. The van der Waals surface area contributed by atoms with Gasteiger partial charge in [-0.3, -0.25) is 4.79 Å². The molecule has 0 spiro atoms. The minimum absolute atomic E-state index is 0.343. The maximum absolute atomic E-state index is 13.0. The molecule has 0 saturated carbocycles. The van der Waals surface area contributed by atoms with Crippen molar-refractivity contribution in [2.45, 2.75) is 23.6 Å². The topological polar surface area (TPSA) is 194 Å². The maximum Gasteiger partial charge on any atom is 0.417 e. The molecular formula is C18H14F4N2O8PS-3. The molecule has 10 nitrogen and oxygen atoms in total. The smallest absolute Gasteiger partial charge is 0.417 e. The molecule has 0 bridgehead atoms. The highest BCUT2D eigenvalue weighted by atomic mass is 32.2. The van der Waals surface area contributed by atoms with Crippen LogP contribution in [0, 0.1) is 17.1 Å². The summed E-state index contributed by atoms with van der Waals surface area (Å²) < 4.78 is 85.2. The van der Waals surface area contributed by atoms with Gasteiger partial charge in [-0.2, -0.15) is 26.3 Å². The van der Waals surface area contributed by atoms with Crippen molar-refractivity contribution in [2.75, 3.05) is 11.1 Å². The van der Waals surface area contributed by atoms with Gasteiger partial charge < -0.3 is 29.7 Å². The van der Waals surface area contributed by atoms with Crippen molar-refractivity contribution in [1.82, 2.24) is 0 Å². The van der Waals surface area contributed by atoms with Gasteiger partial charge in [0, 0.05) is 5.69 Å². The van der Waals surface area contributed by atoms with E-state index in [2.05, 4.69) is 0 Å². The number of carbonyl (C=O) groups excluding carboxylic acids is 1. The number of anilines is 1. The van der Waals surface area contributed by atoms with Crippen LogP contribution in [0.25, 0.3) is 0 Å². The molecule has 0 radical (unpaired) electrons. The largest absolute Gasteiger partial charge is 0.822 e.